The van der Waals surface area contributed by atoms with E-state index in [1.54, 1.807) is 18.2 Å². The Balaban J connectivity index is 2.35. The van der Waals surface area contributed by atoms with Gasteiger partial charge in [-0.3, -0.25) is 14.9 Å². The van der Waals surface area contributed by atoms with Gasteiger partial charge in [-0.1, -0.05) is 12.1 Å². The molecule has 0 aliphatic heterocycles. The van der Waals surface area contributed by atoms with Crippen LogP contribution in [0, 0.1) is 13.7 Å². The van der Waals surface area contributed by atoms with E-state index in [1.165, 1.54) is 18.2 Å². The van der Waals surface area contributed by atoms with Gasteiger partial charge in [0.2, 0.25) is 0 Å². The van der Waals surface area contributed by atoms with Gasteiger partial charge in [0.15, 0.2) is 0 Å². The highest BCUT2D eigenvalue weighted by Gasteiger charge is 2.23. The number of carbonyl (C=O) groups is 1. The monoisotopic (exact) mass is 383 g/mol. The number of amides is 1. The number of nitrogens with zero attached hydrogens (tertiary/aromatic N) is 1. The van der Waals surface area contributed by atoms with E-state index < -0.39 is 10.8 Å². The Labute approximate surface area is 128 Å². The zero-order chi connectivity index (χ0) is 14.7. The second kappa shape index (κ2) is 5.87. The summed E-state index contributed by atoms with van der Waals surface area (Å²) >= 11 is 2.11. The number of carbonyl (C=O) groups excluding carboxylic acids is 1. The largest absolute Gasteiger partial charge is 0.393 e. The third-order valence-corrected chi connectivity index (χ3v) is 3.25. The predicted octanol–water partition coefficient (Wildman–Crippen LogP) is 3.03. The van der Waals surface area contributed by atoms with E-state index >= 15 is 0 Å². The summed E-state index contributed by atoms with van der Waals surface area (Å²) in [4.78, 5) is 22.5. The first-order valence-electron chi connectivity index (χ1n) is 5.59. The van der Waals surface area contributed by atoms with Crippen molar-refractivity contribution in [1.82, 2.24) is 0 Å². The number of nitro groups is 1. The van der Waals surface area contributed by atoms with Crippen molar-refractivity contribution in [2.24, 2.45) is 0 Å². The lowest BCUT2D eigenvalue weighted by Gasteiger charge is -2.07. The van der Waals surface area contributed by atoms with Crippen LogP contribution in [0.4, 0.5) is 17.1 Å². The zero-order valence-electron chi connectivity index (χ0n) is 10.2. The third kappa shape index (κ3) is 3.05. The normalized spacial score (nSPS) is 10.1. The van der Waals surface area contributed by atoms with Crippen molar-refractivity contribution >= 4 is 45.6 Å². The van der Waals surface area contributed by atoms with Crippen LogP contribution in [0.15, 0.2) is 42.5 Å². The molecule has 1 amide bonds. The maximum atomic E-state index is 12.1. The average Bonchev–Trinajstić information content (AvgIpc) is 2.37. The highest BCUT2D eigenvalue weighted by Crippen LogP contribution is 2.26. The van der Waals surface area contributed by atoms with E-state index in [0.717, 1.165) is 3.57 Å². The molecule has 0 heterocycles. The number of hydrogen-bond donors (Lipinski definition) is 2. The van der Waals surface area contributed by atoms with Crippen molar-refractivity contribution in [2.75, 3.05) is 11.1 Å². The minimum absolute atomic E-state index is 0.0368. The van der Waals surface area contributed by atoms with E-state index in [2.05, 4.69) is 27.9 Å². The minimum Gasteiger partial charge on any atom is -0.393 e. The molecule has 3 N–H and O–H groups in total. The molecule has 0 atom stereocenters. The molecule has 0 spiro atoms. The van der Waals surface area contributed by atoms with Crippen LogP contribution in [0.1, 0.15) is 10.4 Å². The van der Waals surface area contributed by atoms with Gasteiger partial charge < -0.3 is 11.1 Å². The molecular formula is C13H10IN3O3. The Morgan fingerprint density at radius 1 is 1.25 bits per heavy atom. The van der Waals surface area contributed by atoms with Crippen LogP contribution in [-0.2, 0) is 0 Å². The van der Waals surface area contributed by atoms with Gasteiger partial charge in [-0.15, -0.1) is 0 Å². The Morgan fingerprint density at radius 2 is 1.95 bits per heavy atom. The third-order valence-electron chi connectivity index (χ3n) is 2.58. The summed E-state index contributed by atoms with van der Waals surface area (Å²) in [5.41, 5.74) is 5.65. The second-order valence-electron chi connectivity index (χ2n) is 3.96. The van der Waals surface area contributed by atoms with Gasteiger partial charge in [0, 0.05) is 9.26 Å². The fourth-order valence-electron chi connectivity index (χ4n) is 1.71. The molecule has 0 aliphatic rings. The number of hydrogen-bond acceptors (Lipinski definition) is 4. The summed E-state index contributed by atoms with van der Waals surface area (Å²) in [6.07, 6.45) is 0. The Morgan fingerprint density at radius 3 is 2.60 bits per heavy atom. The summed E-state index contributed by atoms with van der Waals surface area (Å²) < 4.78 is 0.947. The molecule has 6 nitrogen and oxygen atoms in total. The molecule has 0 radical (unpaired) electrons. The highest BCUT2D eigenvalue weighted by molar-refractivity contribution is 14.1. The number of nitrogens with one attached hydrogen (secondary N) is 1. The molecule has 0 bridgehead atoms. The molecule has 2 aromatic rings. The molecule has 0 unspecified atom stereocenters. The first-order chi connectivity index (χ1) is 9.49. The molecule has 0 aromatic heterocycles. The van der Waals surface area contributed by atoms with Crippen LogP contribution in [0.25, 0.3) is 0 Å². The van der Waals surface area contributed by atoms with Crippen LogP contribution < -0.4 is 11.1 Å². The second-order valence-corrected chi connectivity index (χ2v) is 5.21. The summed E-state index contributed by atoms with van der Waals surface area (Å²) in [5, 5.41) is 13.6. The first kappa shape index (κ1) is 14.3. The van der Waals surface area contributed by atoms with Crippen molar-refractivity contribution in [1.29, 1.82) is 0 Å². The lowest BCUT2D eigenvalue weighted by atomic mass is 10.1. The Kier molecular flexibility index (Phi) is 4.18. The van der Waals surface area contributed by atoms with E-state index in [4.69, 9.17) is 5.73 Å². The summed E-state index contributed by atoms with van der Waals surface area (Å²) in [6, 6.07) is 11.4. The van der Waals surface area contributed by atoms with E-state index in [1.807, 2.05) is 6.07 Å². The fourth-order valence-corrected chi connectivity index (χ4v) is 2.26. The van der Waals surface area contributed by atoms with Gasteiger partial charge in [0.05, 0.1) is 4.92 Å². The van der Waals surface area contributed by atoms with E-state index in [9.17, 15) is 14.9 Å². The standard InChI is InChI=1S/C13H10IN3O3/c14-8-3-1-4-9(7-8)16-13(18)10-5-2-6-11(15)12(10)17(19)20/h1-7H,15H2,(H,16,18). The van der Waals surface area contributed by atoms with Gasteiger partial charge in [-0.25, -0.2) is 0 Å². The summed E-state index contributed by atoms with van der Waals surface area (Å²) in [5.74, 6) is -0.564. The molecular weight excluding hydrogens is 373 g/mol. The number of rotatable bonds is 3. The predicted molar refractivity (Wildman–Crippen MR) is 84.6 cm³/mol. The molecule has 2 rings (SSSR count). The maximum Gasteiger partial charge on any atom is 0.304 e. The molecule has 102 valence electrons. The van der Waals surface area contributed by atoms with Crippen LogP contribution in [0.5, 0.6) is 0 Å². The fraction of sp³-hybridized carbons (Fsp3) is 0. The first-order valence-corrected chi connectivity index (χ1v) is 6.66. The number of nitro benzene ring substituents is 1. The van der Waals surface area contributed by atoms with Crippen LogP contribution in [-0.4, -0.2) is 10.8 Å². The van der Waals surface area contributed by atoms with Gasteiger partial charge >= 0.3 is 5.69 Å². The summed E-state index contributed by atoms with van der Waals surface area (Å²) in [7, 11) is 0. The summed E-state index contributed by atoms with van der Waals surface area (Å²) in [6.45, 7) is 0. The number of nitrogens with two attached hydrogens (primary N) is 1. The van der Waals surface area contributed by atoms with Crippen LogP contribution >= 0.6 is 22.6 Å². The molecule has 2 aromatic carbocycles. The van der Waals surface area contributed by atoms with Crippen molar-refractivity contribution in [3.8, 4) is 0 Å². The SMILES string of the molecule is Nc1cccc(C(=O)Nc2cccc(I)c2)c1[N+](=O)[O-]. The quantitative estimate of drug-likeness (QED) is 0.368. The molecule has 0 fully saturated rings. The van der Waals surface area contributed by atoms with Gasteiger partial charge in [-0.05, 0) is 52.9 Å². The number of para-hydroxylation sites is 1. The van der Waals surface area contributed by atoms with Gasteiger partial charge in [0.1, 0.15) is 11.3 Å². The minimum atomic E-state index is -0.654. The van der Waals surface area contributed by atoms with Crippen molar-refractivity contribution in [3.05, 3.63) is 61.7 Å². The lowest BCUT2D eigenvalue weighted by molar-refractivity contribution is -0.384. The van der Waals surface area contributed by atoms with Crippen molar-refractivity contribution < 1.29 is 9.72 Å². The number of benzene rings is 2. The highest BCUT2D eigenvalue weighted by atomic mass is 127. The molecule has 0 saturated heterocycles. The van der Waals surface area contributed by atoms with Crippen LogP contribution in [0.3, 0.4) is 0 Å². The number of halogens is 1. The van der Waals surface area contributed by atoms with Crippen molar-refractivity contribution in [3.63, 3.8) is 0 Å². The molecule has 20 heavy (non-hydrogen) atoms. The Hall–Kier alpha value is -2.16. The van der Waals surface area contributed by atoms with Crippen molar-refractivity contribution in [2.45, 2.75) is 0 Å². The van der Waals surface area contributed by atoms with Gasteiger partial charge in [0.25, 0.3) is 5.91 Å². The maximum absolute atomic E-state index is 12.1. The number of anilines is 2. The Bertz CT molecular complexity index is 688. The topological polar surface area (TPSA) is 98.3 Å². The molecule has 0 aliphatic carbocycles. The van der Waals surface area contributed by atoms with E-state index in [0.29, 0.717) is 5.69 Å². The molecule has 7 heteroatoms. The molecule has 0 saturated carbocycles. The average molecular weight is 383 g/mol. The van der Waals surface area contributed by atoms with Gasteiger partial charge in [-0.2, -0.15) is 0 Å². The smallest absolute Gasteiger partial charge is 0.304 e. The zero-order valence-corrected chi connectivity index (χ0v) is 12.3. The van der Waals surface area contributed by atoms with E-state index in [-0.39, 0.29) is 16.9 Å². The lowest BCUT2D eigenvalue weighted by Crippen LogP contribution is -2.14. The van der Waals surface area contributed by atoms with Crippen LogP contribution in [0.2, 0.25) is 0 Å². The number of nitrogen functional groups attached to an aromatic ring is 1.